The molecule has 0 unspecified atom stereocenters. The van der Waals surface area contributed by atoms with Gasteiger partial charge in [-0.25, -0.2) is 0 Å². The summed E-state index contributed by atoms with van der Waals surface area (Å²) in [6.07, 6.45) is 2.18. The molecule has 19 heavy (non-hydrogen) atoms. The minimum Gasteiger partial charge on any atom is -0.370 e. The number of nitrogens with two attached hydrogens (primary N) is 1. The summed E-state index contributed by atoms with van der Waals surface area (Å²) in [7, 11) is 0. The smallest absolute Gasteiger partial charge is 0.189 e. The maximum Gasteiger partial charge on any atom is 0.189 e. The van der Waals surface area contributed by atoms with Crippen LogP contribution in [0, 0.1) is 0 Å². The highest BCUT2D eigenvalue weighted by Crippen LogP contribution is 2.39. The number of hydrogen-bond donors (Lipinski definition) is 2. The number of rotatable bonds is 2. The molecule has 3 nitrogen and oxygen atoms in total. The predicted molar refractivity (Wildman–Crippen MR) is 84.4 cm³/mol. The molecule has 1 aliphatic carbocycles. The number of benzene rings is 1. The summed E-state index contributed by atoms with van der Waals surface area (Å²) < 4.78 is 1.13. The summed E-state index contributed by atoms with van der Waals surface area (Å²) in [5.41, 5.74) is 7.28. The van der Waals surface area contributed by atoms with E-state index in [-0.39, 0.29) is 5.54 Å². The average Bonchev–Trinajstić information content (AvgIpc) is 2.22. The lowest BCUT2D eigenvalue weighted by Crippen LogP contribution is -2.46. The molecule has 0 aromatic heterocycles. The third-order valence-corrected chi connectivity index (χ3v) is 3.81. The molecule has 4 heteroatoms. The average molecular weight is 324 g/mol. The third kappa shape index (κ3) is 4.23. The maximum atomic E-state index is 5.91. The van der Waals surface area contributed by atoms with Gasteiger partial charge in [0, 0.05) is 10.0 Å². The molecule has 1 aromatic carbocycles. The lowest BCUT2D eigenvalue weighted by Gasteiger charge is -2.33. The van der Waals surface area contributed by atoms with Crippen LogP contribution in [0.15, 0.2) is 33.7 Å². The van der Waals surface area contributed by atoms with Crippen LogP contribution in [0.25, 0.3) is 0 Å². The second-order valence-corrected chi connectivity index (χ2v) is 7.18. The Hall–Kier alpha value is -1.03. The molecule has 2 rings (SSSR count). The van der Waals surface area contributed by atoms with Crippen LogP contribution in [-0.2, 0) is 0 Å². The molecule has 1 aromatic rings. The number of nitrogens with one attached hydrogen (secondary N) is 1. The molecule has 1 aliphatic rings. The Balaban J connectivity index is 1.86. The van der Waals surface area contributed by atoms with Crippen LogP contribution in [-0.4, -0.2) is 17.5 Å². The number of nitrogens with zero attached hydrogens (tertiary/aromatic N) is 1. The molecule has 0 spiro atoms. The van der Waals surface area contributed by atoms with Gasteiger partial charge in [-0.3, -0.25) is 4.99 Å². The van der Waals surface area contributed by atoms with Crippen LogP contribution >= 0.6 is 15.9 Å². The first-order valence-corrected chi connectivity index (χ1v) is 7.50. The quantitative estimate of drug-likeness (QED) is 0.647. The number of hydrogen-bond acceptors (Lipinski definition) is 1. The fourth-order valence-electron chi connectivity index (χ4n) is 2.31. The highest BCUT2D eigenvalue weighted by Gasteiger charge is 2.30. The fourth-order valence-corrected chi connectivity index (χ4v) is 2.58. The van der Waals surface area contributed by atoms with Crippen LogP contribution < -0.4 is 11.1 Å². The van der Waals surface area contributed by atoms with E-state index in [9.17, 15) is 0 Å². The largest absolute Gasteiger partial charge is 0.370 e. The Morgan fingerprint density at radius 1 is 1.26 bits per heavy atom. The summed E-state index contributed by atoms with van der Waals surface area (Å²) in [6, 6.07) is 8.93. The van der Waals surface area contributed by atoms with Crippen molar-refractivity contribution in [1.29, 1.82) is 0 Å². The molecule has 0 radical (unpaired) electrons. The van der Waals surface area contributed by atoms with Crippen molar-refractivity contribution in [3.8, 4) is 0 Å². The molecule has 0 atom stereocenters. The summed E-state index contributed by atoms with van der Waals surface area (Å²) in [6.45, 7) is 6.25. The fraction of sp³-hybridized carbons (Fsp3) is 0.533. The van der Waals surface area contributed by atoms with Crippen LogP contribution in [0.2, 0.25) is 0 Å². The van der Waals surface area contributed by atoms with E-state index in [1.807, 2.05) is 0 Å². The predicted octanol–water partition coefficient (Wildman–Crippen LogP) is 3.40. The summed E-state index contributed by atoms with van der Waals surface area (Å²) in [4.78, 5) is 4.53. The van der Waals surface area contributed by atoms with Gasteiger partial charge >= 0.3 is 0 Å². The van der Waals surface area contributed by atoms with E-state index >= 15 is 0 Å². The molecule has 1 fully saturated rings. The first-order chi connectivity index (χ1) is 8.83. The van der Waals surface area contributed by atoms with Crippen molar-refractivity contribution in [3.63, 3.8) is 0 Å². The van der Waals surface area contributed by atoms with Gasteiger partial charge in [0.2, 0.25) is 0 Å². The summed E-state index contributed by atoms with van der Waals surface area (Å²) in [5, 5.41) is 3.20. The number of halogens is 1. The van der Waals surface area contributed by atoms with Crippen LogP contribution in [0.4, 0.5) is 0 Å². The van der Waals surface area contributed by atoms with Gasteiger partial charge in [0.25, 0.3) is 0 Å². The van der Waals surface area contributed by atoms with Crippen molar-refractivity contribution in [3.05, 3.63) is 34.3 Å². The van der Waals surface area contributed by atoms with E-state index in [1.54, 1.807) is 0 Å². The lowest BCUT2D eigenvalue weighted by atomic mass is 9.76. The van der Waals surface area contributed by atoms with E-state index < -0.39 is 0 Å². The minimum atomic E-state index is -0.0254. The maximum absolute atomic E-state index is 5.91. The zero-order valence-electron chi connectivity index (χ0n) is 11.8. The normalized spacial score (nSPS) is 23.9. The first-order valence-electron chi connectivity index (χ1n) is 6.70. The van der Waals surface area contributed by atoms with Crippen LogP contribution in [0.3, 0.4) is 0 Å². The Bertz CT molecular complexity index is 453. The van der Waals surface area contributed by atoms with Gasteiger partial charge in [0.05, 0.1) is 6.04 Å². The molecule has 0 amide bonds. The van der Waals surface area contributed by atoms with Gasteiger partial charge in [-0.1, -0.05) is 28.1 Å². The topological polar surface area (TPSA) is 50.4 Å². The minimum absolute atomic E-state index is 0.0254. The van der Waals surface area contributed by atoms with Crippen molar-refractivity contribution < 1.29 is 0 Å². The van der Waals surface area contributed by atoms with E-state index in [0.717, 1.165) is 17.3 Å². The Morgan fingerprint density at radius 3 is 2.37 bits per heavy atom. The molecule has 0 saturated heterocycles. The summed E-state index contributed by atoms with van der Waals surface area (Å²) >= 11 is 3.46. The van der Waals surface area contributed by atoms with Gasteiger partial charge in [-0.15, -0.1) is 0 Å². The van der Waals surface area contributed by atoms with Crippen molar-refractivity contribution >= 4 is 21.9 Å². The second-order valence-electron chi connectivity index (χ2n) is 6.26. The lowest BCUT2D eigenvalue weighted by molar-refractivity contribution is 0.351. The zero-order valence-corrected chi connectivity index (χ0v) is 13.4. The molecule has 104 valence electrons. The van der Waals surface area contributed by atoms with Crippen molar-refractivity contribution in [2.75, 3.05) is 0 Å². The first kappa shape index (κ1) is 14.4. The van der Waals surface area contributed by atoms with E-state index in [4.69, 9.17) is 5.73 Å². The molecular formula is C15H22BrN3. The Morgan fingerprint density at radius 2 is 1.84 bits per heavy atom. The molecule has 0 bridgehead atoms. The van der Waals surface area contributed by atoms with Crippen LogP contribution in [0.1, 0.15) is 45.1 Å². The van der Waals surface area contributed by atoms with Gasteiger partial charge in [0.1, 0.15) is 0 Å². The van der Waals surface area contributed by atoms with Crippen molar-refractivity contribution in [1.82, 2.24) is 5.32 Å². The zero-order chi connectivity index (χ0) is 14.0. The molecule has 3 N–H and O–H groups in total. The second kappa shape index (κ2) is 5.53. The van der Waals surface area contributed by atoms with Crippen LogP contribution in [0.5, 0.6) is 0 Å². The van der Waals surface area contributed by atoms with E-state index in [1.165, 1.54) is 5.56 Å². The van der Waals surface area contributed by atoms with Gasteiger partial charge in [-0.05, 0) is 57.2 Å². The van der Waals surface area contributed by atoms with Gasteiger partial charge in [-0.2, -0.15) is 0 Å². The molecule has 0 aliphatic heterocycles. The number of aliphatic imine (C=N–C) groups is 1. The summed E-state index contributed by atoms with van der Waals surface area (Å²) in [5.74, 6) is 1.19. The van der Waals surface area contributed by atoms with Crippen molar-refractivity contribution in [2.45, 2.75) is 51.1 Å². The SMILES string of the molecule is CC(C)(C)NC(N)=NC1CC(c2ccc(Br)cc2)C1. The highest BCUT2D eigenvalue weighted by molar-refractivity contribution is 9.10. The molecule has 1 saturated carbocycles. The molecular weight excluding hydrogens is 302 g/mol. The van der Waals surface area contributed by atoms with Gasteiger partial charge in [0.15, 0.2) is 5.96 Å². The monoisotopic (exact) mass is 323 g/mol. The Kier molecular flexibility index (Phi) is 4.19. The molecule has 0 heterocycles. The van der Waals surface area contributed by atoms with E-state index in [0.29, 0.717) is 17.9 Å². The van der Waals surface area contributed by atoms with E-state index in [2.05, 4.69) is 71.3 Å². The standard InChI is InChI=1S/C15H22BrN3/c1-15(2,3)19-14(17)18-13-8-11(9-13)10-4-6-12(16)7-5-10/h4-7,11,13H,8-9H2,1-3H3,(H3,17,18,19). The number of guanidine groups is 1. The van der Waals surface area contributed by atoms with Gasteiger partial charge < -0.3 is 11.1 Å². The Labute approximate surface area is 123 Å². The van der Waals surface area contributed by atoms with Crippen molar-refractivity contribution in [2.24, 2.45) is 10.7 Å². The third-order valence-electron chi connectivity index (χ3n) is 3.28. The highest BCUT2D eigenvalue weighted by atomic mass is 79.9.